The Kier molecular flexibility index (Phi) is 5.54. The van der Waals surface area contributed by atoms with E-state index in [1.165, 1.54) is 24.3 Å². The Bertz CT molecular complexity index is 861. The Labute approximate surface area is 156 Å². The van der Waals surface area contributed by atoms with E-state index in [-0.39, 0.29) is 17.3 Å². The molecule has 1 aliphatic carbocycles. The molecular weight excluding hydrogens is 350 g/mol. The first-order chi connectivity index (χ1) is 12.9. The molecule has 1 fully saturated rings. The molecule has 27 heavy (non-hydrogen) atoms. The molecule has 3 N–H and O–H groups in total. The van der Waals surface area contributed by atoms with Crippen LogP contribution in [-0.2, 0) is 11.2 Å². The van der Waals surface area contributed by atoms with Crippen LogP contribution < -0.4 is 11.1 Å². The van der Waals surface area contributed by atoms with E-state index in [2.05, 4.69) is 5.32 Å². The van der Waals surface area contributed by atoms with E-state index in [4.69, 9.17) is 5.73 Å². The summed E-state index contributed by atoms with van der Waals surface area (Å²) < 4.78 is 27.2. The minimum atomic E-state index is -0.893. The summed E-state index contributed by atoms with van der Waals surface area (Å²) in [4.78, 5) is 24.5. The number of anilines is 1. The van der Waals surface area contributed by atoms with Crippen LogP contribution >= 0.6 is 0 Å². The van der Waals surface area contributed by atoms with Gasteiger partial charge in [-0.05, 0) is 55.2 Å². The maximum Gasteiger partial charge on any atom is 0.251 e. The van der Waals surface area contributed by atoms with Gasteiger partial charge in [0.25, 0.3) is 5.91 Å². The second-order valence-corrected chi connectivity index (χ2v) is 7.16. The molecule has 0 radical (unpaired) electrons. The fraction of sp³-hybridized carbons (Fsp3) is 0.333. The Morgan fingerprint density at radius 2 is 1.78 bits per heavy atom. The molecular formula is C21H22F2N2O2. The number of benzene rings is 2. The summed E-state index contributed by atoms with van der Waals surface area (Å²) in [5, 5.41) is 2.80. The first kappa shape index (κ1) is 19.0. The summed E-state index contributed by atoms with van der Waals surface area (Å²) in [6, 6.07) is 10.0. The summed E-state index contributed by atoms with van der Waals surface area (Å²) in [6.45, 7) is 0. The van der Waals surface area contributed by atoms with Gasteiger partial charge in [-0.1, -0.05) is 31.4 Å². The predicted octanol–water partition coefficient (Wildman–Crippen LogP) is 4.20. The zero-order chi connectivity index (χ0) is 19.4. The van der Waals surface area contributed by atoms with Crippen LogP contribution in [0.5, 0.6) is 0 Å². The van der Waals surface area contributed by atoms with Gasteiger partial charge >= 0.3 is 0 Å². The number of nitrogens with two attached hydrogens (primary N) is 1. The van der Waals surface area contributed by atoms with Gasteiger partial charge in [0, 0.05) is 5.69 Å². The second-order valence-electron chi connectivity index (χ2n) is 7.16. The van der Waals surface area contributed by atoms with Crippen LogP contribution in [0.25, 0.3) is 0 Å². The average Bonchev–Trinajstić information content (AvgIpc) is 2.64. The molecule has 0 unspecified atom stereocenters. The van der Waals surface area contributed by atoms with Crippen molar-refractivity contribution in [2.75, 3.05) is 5.32 Å². The van der Waals surface area contributed by atoms with Crippen molar-refractivity contribution >= 4 is 17.5 Å². The van der Waals surface area contributed by atoms with Crippen molar-refractivity contribution in [3.63, 3.8) is 0 Å². The Balaban J connectivity index is 1.86. The maximum absolute atomic E-state index is 13.7. The van der Waals surface area contributed by atoms with Crippen molar-refractivity contribution in [3.05, 3.63) is 65.2 Å². The molecule has 0 aromatic heterocycles. The van der Waals surface area contributed by atoms with Gasteiger partial charge in [0.15, 0.2) is 0 Å². The first-order valence-electron chi connectivity index (χ1n) is 9.05. The Morgan fingerprint density at radius 1 is 1.04 bits per heavy atom. The van der Waals surface area contributed by atoms with Crippen LogP contribution in [0.15, 0.2) is 42.5 Å². The van der Waals surface area contributed by atoms with E-state index in [0.717, 1.165) is 30.9 Å². The molecule has 1 aliphatic rings. The number of hydrogen-bond donors (Lipinski definition) is 2. The lowest BCUT2D eigenvalue weighted by Crippen LogP contribution is -2.40. The molecule has 0 bridgehead atoms. The van der Waals surface area contributed by atoms with E-state index < -0.39 is 17.1 Å². The predicted molar refractivity (Wildman–Crippen MR) is 99.2 cm³/mol. The van der Waals surface area contributed by atoms with Crippen LogP contribution in [0.3, 0.4) is 0 Å². The third kappa shape index (κ3) is 4.32. The summed E-state index contributed by atoms with van der Waals surface area (Å²) in [6.07, 6.45) is 4.71. The van der Waals surface area contributed by atoms with E-state index in [9.17, 15) is 18.4 Å². The van der Waals surface area contributed by atoms with Crippen molar-refractivity contribution in [3.8, 4) is 0 Å². The molecule has 0 spiro atoms. The number of primary amides is 1. The molecule has 4 nitrogen and oxygen atoms in total. The highest BCUT2D eigenvalue weighted by molar-refractivity contribution is 5.98. The van der Waals surface area contributed by atoms with Gasteiger partial charge < -0.3 is 11.1 Å². The number of nitrogens with one attached hydrogen (secondary N) is 1. The minimum Gasteiger partial charge on any atom is -0.366 e. The van der Waals surface area contributed by atoms with Gasteiger partial charge in [0.2, 0.25) is 5.91 Å². The zero-order valence-corrected chi connectivity index (χ0v) is 14.9. The minimum absolute atomic E-state index is 0.200. The molecule has 142 valence electrons. The standard InChI is InChI=1S/C21H22F2N2O2/c22-15-6-4-5-14(11-15)13-21(9-2-1-3-10-21)20(27)25-16-7-8-18(23)17(12-16)19(24)26/h4-8,11-12H,1-3,9-10,13H2,(H2,24,26)(H,25,27). The van der Waals surface area contributed by atoms with Crippen LogP contribution in [0.1, 0.15) is 48.0 Å². The summed E-state index contributed by atoms with van der Waals surface area (Å²) in [5.74, 6) is -2.15. The molecule has 0 aliphatic heterocycles. The van der Waals surface area contributed by atoms with Gasteiger partial charge in [-0.2, -0.15) is 0 Å². The van der Waals surface area contributed by atoms with Crippen LogP contribution in [0, 0.1) is 17.0 Å². The fourth-order valence-corrected chi connectivity index (χ4v) is 3.81. The van der Waals surface area contributed by atoms with E-state index in [1.807, 2.05) is 6.07 Å². The van der Waals surface area contributed by atoms with Crippen molar-refractivity contribution < 1.29 is 18.4 Å². The third-order valence-corrected chi connectivity index (χ3v) is 5.21. The molecule has 2 amide bonds. The lowest BCUT2D eigenvalue weighted by atomic mass is 9.69. The molecule has 1 saturated carbocycles. The Hall–Kier alpha value is -2.76. The summed E-state index contributed by atoms with van der Waals surface area (Å²) in [5.41, 5.74) is 5.33. The molecule has 3 rings (SSSR count). The normalized spacial score (nSPS) is 15.9. The highest BCUT2D eigenvalue weighted by Gasteiger charge is 2.39. The number of halogens is 2. The average molecular weight is 372 g/mol. The first-order valence-corrected chi connectivity index (χ1v) is 9.05. The molecule has 2 aromatic carbocycles. The lowest BCUT2D eigenvalue weighted by molar-refractivity contribution is -0.127. The molecule has 2 aromatic rings. The van der Waals surface area contributed by atoms with Gasteiger partial charge in [0.05, 0.1) is 11.0 Å². The van der Waals surface area contributed by atoms with Crippen molar-refractivity contribution in [1.82, 2.24) is 0 Å². The van der Waals surface area contributed by atoms with Crippen LogP contribution in [0.2, 0.25) is 0 Å². The molecule has 6 heteroatoms. The van der Waals surface area contributed by atoms with Crippen LogP contribution in [-0.4, -0.2) is 11.8 Å². The van der Waals surface area contributed by atoms with E-state index in [1.54, 1.807) is 6.07 Å². The second kappa shape index (κ2) is 7.86. The number of amides is 2. The largest absolute Gasteiger partial charge is 0.366 e. The maximum atomic E-state index is 13.7. The van der Waals surface area contributed by atoms with Gasteiger partial charge in [0.1, 0.15) is 11.6 Å². The molecule has 0 saturated heterocycles. The zero-order valence-electron chi connectivity index (χ0n) is 14.9. The number of rotatable bonds is 5. The third-order valence-electron chi connectivity index (χ3n) is 5.21. The van der Waals surface area contributed by atoms with E-state index in [0.29, 0.717) is 24.9 Å². The molecule has 0 heterocycles. The highest BCUT2D eigenvalue weighted by atomic mass is 19.1. The van der Waals surface area contributed by atoms with Gasteiger partial charge in [-0.3, -0.25) is 9.59 Å². The number of carbonyl (C=O) groups excluding carboxylic acids is 2. The van der Waals surface area contributed by atoms with Crippen molar-refractivity contribution in [2.45, 2.75) is 38.5 Å². The topological polar surface area (TPSA) is 72.2 Å². The van der Waals surface area contributed by atoms with Crippen molar-refractivity contribution in [1.29, 1.82) is 0 Å². The highest BCUT2D eigenvalue weighted by Crippen LogP contribution is 2.40. The Morgan fingerprint density at radius 3 is 2.44 bits per heavy atom. The number of carbonyl (C=O) groups is 2. The lowest BCUT2D eigenvalue weighted by Gasteiger charge is -2.36. The van der Waals surface area contributed by atoms with Gasteiger partial charge in [-0.15, -0.1) is 0 Å². The molecule has 0 atom stereocenters. The van der Waals surface area contributed by atoms with E-state index >= 15 is 0 Å². The summed E-state index contributed by atoms with van der Waals surface area (Å²) in [7, 11) is 0. The summed E-state index contributed by atoms with van der Waals surface area (Å²) >= 11 is 0. The van der Waals surface area contributed by atoms with Gasteiger partial charge in [-0.25, -0.2) is 8.78 Å². The van der Waals surface area contributed by atoms with Crippen molar-refractivity contribution in [2.24, 2.45) is 11.1 Å². The monoisotopic (exact) mass is 372 g/mol. The van der Waals surface area contributed by atoms with Crippen LogP contribution in [0.4, 0.5) is 14.5 Å². The smallest absolute Gasteiger partial charge is 0.251 e. The quantitative estimate of drug-likeness (QED) is 0.826. The SMILES string of the molecule is NC(=O)c1cc(NC(=O)C2(Cc3cccc(F)c3)CCCCC2)ccc1F. The number of hydrogen-bond acceptors (Lipinski definition) is 2. The fourth-order valence-electron chi connectivity index (χ4n) is 3.81.